The monoisotopic (exact) mass is 326 g/mol. The molecule has 0 radical (unpaired) electrons. The molecule has 96 valence electrons. The van der Waals surface area contributed by atoms with Crippen LogP contribution in [0.4, 0.5) is 0 Å². The Morgan fingerprint density at radius 1 is 1.44 bits per heavy atom. The first-order valence-electron chi connectivity index (χ1n) is 5.66. The number of nitrogens with one attached hydrogen (secondary N) is 1. The van der Waals surface area contributed by atoms with Gasteiger partial charge in [-0.1, -0.05) is 0 Å². The van der Waals surface area contributed by atoms with Crippen LogP contribution < -0.4 is 10.1 Å². The summed E-state index contributed by atoms with van der Waals surface area (Å²) in [4.78, 5) is 5.68. The Kier molecular flexibility index (Phi) is 4.74. The first kappa shape index (κ1) is 13.5. The fourth-order valence-electron chi connectivity index (χ4n) is 1.60. The van der Waals surface area contributed by atoms with Gasteiger partial charge in [-0.3, -0.25) is 4.98 Å². The summed E-state index contributed by atoms with van der Waals surface area (Å²) in [6.07, 6.45) is 0. The highest BCUT2D eigenvalue weighted by molar-refractivity contribution is 9.10. The molecule has 0 spiro atoms. The Balaban J connectivity index is 2.08. The Morgan fingerprint density at radius 3 is 2.94 bits per heavy atom. The zero-order valence-electron chi connectivity index (χ0n) is 10.4. The molecule has 2 aromatic heterocycles. The lowest BCUT2D eigenvalue weighted by atomic mass is 10.3. The quantitative estimate of drug-likeness (QED) is 0.912. The molecule has 0 aromatic carbocycles. The molecule has 0 saturated carbocycles. The summed E-state index contributed by atoms with van der Waals surface area (Å²) in [5.41, 5.74) is 1.96. The summed E-state index contributed by atoms with van der Waals surface area (Å²) < 4.78 is 6.93. The summed E-state index contributed by atoms with van der Waals surface area (Å²) in [5.74, 6) is 0.847. The molecule has 0 unspecified atom stereocenters. The van der Waals surface area contributed by atoms with Gasteiger partial charge in [0.2, 0.25) is 0 Å². The van der Waals surface area contributed by atoms with E-state index in [0.29, 0.717) is 13.2 Å². The number of nitrogens with zero attached hydrogens (tertiary/aromatic N) is 1. The predicted octanol–water partition coefficient (Wildman–Crippen LogP) is 3.51. The van der Waals surface area contributed by atoms with E-state index in [4.69, 9.17) is 4.74 Å². The van der Waals surface area contributed by atoms with Crippen LogP contribution >= 0.6 is 27.3 Å². The molecule has 0 bridgehead atoms. The van der Waals surface area contributed by atoms with Gasteiger partial charge in [-0.15, -0.1) is 11.3 Å². The molecule has 5 heteroatoms. The first-order chi connectivity index (χ1) is 8.69. The first-order valence-corrected chi connectivity index (χ1v) is 7.33. The van der Waals surface area contributed by atoms with E-state index in [9.17, 15) is 0 Å². The van der Waals surface area contributed by atoms with Crippen LogP contribution in [0.15, 0.2) is 28.1 Å². The summed E-state index contributed by atoms with van der Waals surface area (Å²) >= 11 is 5.12. The van der Waals surface area contributed by atoms with Crippen molar-refractivity contribution in [3.8, 4) is 5.75 Å². The van der Waals surface area contributed by atoms with Gasteiger partial charge in [0.15, 0.2) is 0 Å². The van der Waals surface area contributed by atoms with Crippen molar-refractivity contribution in [3.63, 3.8) is 0 Å². The molecule has 0 aliphatic rings. The average molecular weight is 327 g/mol. The molecule has 2 rings (SSSR count). The predicted molar refractivity (Wildman–Crippen MR) is 78.1 cm³/mol. The van der Waals surface area contributed by atoms with Crippen LogP contribution in [0.2, 0.25) is 0 Å². The Labute approximate surface area is 119 Å². The molecular formula is C13H15BrN2OS. The van der Waals surface area contributed by atoms with E-state index in [2.05, 4.69) is 37.7 Å². The van der Waals surface area contributed by atoms with Gasteiger partial charge < -0.3 is 10.1 Å². The van der Waals surface area contributed by atoms with Gasteiger partial charge in [0.25, 0.3) is 0 Å². The Hall–Kier alpha value is -0.910. The molecule has 1 N–H and O–H groups in total. The maximum absolute atomic E-state index is 5.83. The number of ether oxygens (including phenoxy) is 1. The van der Waals surface area contributed by atoms with E-state index in [1.165, 1.54) is 4.88 Å². The van der Waals surface area contributed by atoms with Crippen LogP contribution in [0.25, 0.3) is 0 Å². The SMILES string of the molecule is CNCc1nc(C)ccc1OCc1cc(Br)cs1. The van der Waals surface area contributed by atoms with Gasteiger partial charge in [-0.2, -0.15) is 0 Å². The Bertz CT molecular complexity index is 527. The molecule has 0 amide bonds. The summed E-state index contributed by atoms with van der Waals surface area (Å²) in [6.45, 7) is 3.28. The summed E-state index contributed by atoms with van der Waals surface area (Å²) in [5, 5.41) is 5.16. The molecule has 0 aliphatic heterocycles. The van der Waals surface area contributed by atoms with Gasteiger partial charge in [0, 0.05) is 27.0 Å². The highest BCUT2D eigenvalue weighted by Gasteiger charge is 2.06. The van der Waals surface area contributed by atoms with Gasteiger partial charge in [0.1, 0.15) is 12.4 Å². The van der Waals surface area contributed by atoms with Crippen molar-refractivity contribution in [2.24, 2.45) is 0 Å². The molecular weight excluding hydrogens is 312 g/mol. The van der Waals surface area contributed by atoms with Crippen LogP contribution in [-0.4, -0.2) is 12.0 Å². The maximum Gasteiger partial charge on any atom is 0.142 e. The van der Waals surface area contributed by atoms with Gasteiger partial charge in [0.05, 0.1) is 5.69 Å². The molecule has 18 heavy (non-hydrogen) atoms. The van der Waals surface area contributed by atoms with E-state index in [1.54, 1.807) is 11.3 Å². The van der Waals surface area contributed by atoms with E-state index in [0.717, 1.165) is 21.6 Å². The number of hydrogen-bond donors (Lipinski definition) is 1. The number of rotatable bonds is 5. The summed E-state index contributed by atoms with van der Waals surface area (Å²) in [6, 6.07) is 6.03. The fraction of sp³-hybridized carbons (Fsp3) is 0.308. The molecule has 2 heterocycles. The molecule has 0 atom stereocenters. The lowest BCUT2D eigenvalue weighted by Crippen LogP contribution is -2.10. The average Bonchev–Trinajstić information content (AvgIpc) is 2.75. The van der Waals surface area contributed by atoms with Crippen LogP contribution in [0.5, 0.6) is 5.75 Å². The highest BCUT2D eigenvalue weighted by Crippen LogP contribution is 2.23. The number of aryl methyl sites for hydroxylation is 1. The van der Waals surface area contributed by atoms with E-state index >= 15 is 0 Å². The lowest BCUT2D eigenvalue weighted by molar-refractivity contribution is 0.304. The van der Waals surface area contributed by atoms with Crippen molar-refractivity contribution in [2.45, 2.75) is 20.1 Å². The second kappa shape index (κ2) is 6.31. The van der Waals surface area contributed by atoms with Gasteiger partial charge >= 0.3 is 0 Å². The topological polar surface area (TPSA) is 34.2 Å². The van der Waals surface area contributed by atoms with Crippen molar-refractivity contribution in [3.05, 3.63) is 44.3 Å². The van der Waals surface area contributed by atoms with Crippen molar-refractivity contribution in [1.29, 1.82) is 0 Å². The number of halogens is 1. The number of thiophene rings is 1. The van der Waals surface area contributed by atoms with Crippen molar-refractivity contribution in [2.75, 3.05) is 7.05 Å². The third-order valence-corrected chi connectivity index (χ3v) is 4.08. The van der Waals surface area contributed by atoms with Gasteiger partial charge in [-0.05, 0) is 48.1 Å². The van der Waals surface area contributed by atoms with E-state index in [-0.39, 0.29) is 0 Å². The zero-order valence-corrected chi connectivity index (χ0v) is 12.8. The Morgan fingerprint density at radius 2 is 2.28 bits per heavy atom. The molecule has 2 aromatic rings. The third-order valence-electron chi connectivity index (χ3n) is 2.41. The number of aromatic nitrogens is 1. The van der Waals surface area contributed by atoms with Crippen molar-refractivity contribution < 1.29 is 4.74 Å². The normalized spacial score (nSPS) is 10.6. The highest BCUT2D eigenvalue weighted by atomic mass is 79.9. The third kappa shape index (κ3) is 3.54. The molecule has 3 nitrogen and oxygen atoms in total. The molecule has 0 fully saturated rings. The zero-order chi connectivity index (χ0) is 13.0. The van der Waals surface area contributed by atoms with E-state index in [1.807, 2.05) is 26.1 Å². The van der Waals surface area contributed by atoms with E-state index < -0.39 is 0 Å². The number of pyridine rings is 1. The van der Waals surface area contributed by atoms with Crippen molar-refractivity contribution in [1.82, 2.24) is 10.3 Å². The number of hydrogen-bond acceptors (Lipinski definition) is 4. The van der Waals surface area contributed by atoms with Gasteiger partial charge in [-0.25, -0.2) is 0 Å². The van der Waals surface area contributed by atoms with Crippen LogP contribution in [0.1, 0.15) is 16.3 Å². The van der Waals surface area contributed by atoms with Crippen LogP contribution in [0.3, 0.4) is 0 Å². The minimum Gasteiger partial charge on any atom is -0.486 e. The fourth-order valence-corrected chi connectivity index (χ4v) is 2.96. The maximum atomic E-state index is 5.83. The van der Waals surface area contributed by atoms with Crippen LogP contribution in [0, 0.1) is 6.92 Å². The van der Waals surface area contributed by atoms with Crippen molar-refractivity contribution >= 4 is 27.3 Å². The summed E-state index contributed by atoms with van der Waals surface area (Å²) in [7, 11) is 1.91. The minimum atomic E-state index is 0.581. The molecule has 0 saturated heterocycles. The lowest BCUT2D eigenvalue weighted by Gasteiger charge is -2.10. The molecule has 0 aliphatic carbocycles. The smallest absolute Gasteiger partial charge is 0.142 e. The largest absolute Gasteiger partial charge is 0.486 e. The standard InChI is InChI=1S/C13H15BrN2OS/c1-9-3-4-13(12(16-9)6-15-2)17-7-11-5-10(14)8-18-11/h3-5,8,15H,6-7H2,1-2H3. The second-order valence-corrected chi connectivity index (χ2v) is 5.86. The van der Waals surface area contributed by atoms with Crippen LogP contribution in [-0.2, 0) is 13.2 Å². The minimum absolute atomic E-state index is 0.581. The second-order valence-electron chi connectivity index (χ2n) is 3.95.